The molecule has 0 aliphatic carbocycles. The van der Waals surface area contributed by atoms with Gasteiger partial charge in [0.2, 0.25) is 0 Å². The average molecular weight is 386 g/mol. The number of amides is 1. The molecule has 0 aliphatic heterocycles. The highest BCUT2D eigenvalue weighted by Crippen LogP contribution is 2.28. The minimum Gasteiger partial charge on any atom is -0.493 e. The largest absolute Gasteiger partial charge is 0.493 e. The van der Waals surface area contributed by atoms with Gasteiger partial charge in [-0.1, -0.05) is 30.7 Å². The molecule has 0 aliphatic rings. The van der Waals surface area contributed by atoms with Crippen LogP contribution in [0.1, 0.15) is 24.5 Å². The van der Waals surface area contributed by atoms with Gasteiger partial charge in [0.25, 0.3) is 5.91 Å². The highest BCUT2D eigenvalue weighted by Gasteiger charge is 2.09. The summed E-state index contributed by atoms with van der Waals surface area (Å²) in [5.41, 5.74) is 3.00. The van der Waals surface area contributed by atoms with Gasteiger partial charge in [0.1, 0.15) is 0 Å². The third-order valence-electron chi connectivity index (χ3n) is 4.21. The standard InChI is InChI=1S/C22H31N3O3/c1-4-23-12-5-13-24-15-18-8-11-20(21(14-18)27-3)28-16-22(26)25-19-9-6-17(2)7-10-19/h6-11,14,23-24H,4-5,12-13,15-16H2,1-3H3,(H,25,26). The lowest BCUT2D eigenvalue weighted by molar-refractivity contribution is -0.118. The number of aryl methyl sites for hydroxylation is 1. The van der Waals surface area contributed by atoms with Crippen LogP contribution in [0.4, 0.5) is 5.69 Å². The van der Waals surface area contributed by atoms with E-state index in [0.717, 1.165) is 49.4 Å². The molecule has 28 heavy (non-hydrogen) atoms. The second-order valence-corrected chi connectivity index (χ2v) is 6.57. The number of carbonyl (C=O) groups is 1. The second kappa shape index (κ2) is 12.0. The lowest BCUT2D eigenvalue weighted by Crippen LogP contribution is -2.21. The van der Waals surface area contributed by atoms with Crippen molar-refractivity contribution in [2.24, 2.45) is 0 Å². The number of hydrogen-bond donors (Lipinski definition) is 3. The first-order chi connectivity index (χ1) is 13.6. The van der Waals surface area contributed by atoms with Gasteiger partial charge < -0.3 is 25.4 Å². The van der Waals surface area contributed by atoms with Gasteiger partial charge in [-0.05, 0) is 62.8 Å². The predicted molar refractivity (Wildman–Crippen MR) is 113 cm³/mol. The van der Waals surface area contributed by atoms with Gasteiger partial charge in [0.15, 0.2) is 18.1 Å². The van der Waals surface area contributed by atoms with Crippen molar-refractivity contribution in [2.45, 2.75) is 26.8 Å². The Morgan fingerprint density at radius 3 is 2.46 bits per heavy atom. The molecule has 0 fully saturated rings. The van der Waals surface area contributed by atoms with Crippen LogP contribution < -0.4 is 25.4 Å². The highest BCUT2D eigenvalue weighted by atomic mass is 16.5. The maximum atomic E-state index is 12.1. The molecule has 2 aromatic rings. The number of benzene rings is 2. The summed E-state index contributed by atoms with van der Waals surface area (Å²) in [7, 11) is 1.60. The Morgan fingerprint density at radius 1 is 1.00 bits per heavy atom. The van der Waals surface area contributed by atoms with Crippen LogP contribution in [-0.2, 0) is 11.3 Å². The molecule has 0 aromatic heterocycles. The van der Waals surface area contributed by atoms with Gasteiger partial charge in [0.05, 0.1) is 7.11 Å². The topological polar surface area (TPSA) is 71.6 Å². The molecule has 0 saturated carbocycles. The molecule has 6 heteroatoms. The van der Waals surface area contributed by atoms with Crippen molar-refractivity contribution in [1.29, 1.82) is 0 Å². The Labute approximate surface area is 167 Å². The number of anilines is 1. The highest BCUT2D eigenvalue weighted by molar-refractivity contribution is 5.91. The van der Waals surface area contributed by atoms with Crippen LogP contribution in [0.3, 0.4) is 0 Å². The first kappa shape index (κ1) is 21.7. The second-order valence-electron chi connectivity index (χ2n) is 6.57. The summed E-state index contributed by atoms with van der Waals surface area (Å²) >= 11 is 0. The lowest BCUT2D eigenvalue weighted by Gasteiger charge is -2.13. The van der Waals surface area contributed by atoms with Crippen LogP contribution in [0.5, 0.6) is 11.5 Å². The van der Waals surface area contributed by atoms with E-state index in [9.17, 15) is 4.79 Å². The Bertz CT molecular complexity index is 732. The number of rotatable bonds is 12. The van der Waals surface area contributed by atoms with Gasteiger partial charge in [-0.25, -0.2) is 0 Å². The van der Waals surface area contributed by atoms with E-state index < -0.39 is 0 Å². The van der Waals surface area contributed by atoms with Crippen molar-refractivity contribution in [2.75, 3.05) is 38.7 Å². The Hall–Kier alpha value is -2.57. The molecule has 0 bridgehead atoms. The SMILES string of the molecule is CCNCCCNCc1ccc(OCC(=O)Nc2ccc(C)cc2)c(OC)c1. The first-order valence-electron chi connectivity index (χ1n) is 9.70. The summed E-state index contributed by atoms with van der Waals surface area (Å²) in [4.78, 5) is 12.1. The molecule has 0 atom stereocenters. The predicted octanol–water partition coefficient (Wildman–Crippen LogP) is 3.11. The van der Waals surface area contributed by atoms with Crippen molar-refractivity contribution < 1.29 is 14.3 Å². The van der Waals surface area contributed by atoms with E-state index in [0.29, 0.717) is 11.5 Å². The summed E-state index contributed by atoms with van der Waals surface area (Å²) in [6, 6.07) is 13.4. The van der Waals surface area contributed by atoms with Gasteiger partial charge in [0, 0.05) is 12.2 Å². The number of methoxy groups -OCH3 is 1. The van der Waals surface area contributed by atoms with E-state index in [1.54, 1.807) is 7.11 Å². The van der Waals surface area contributed by atoms with E-state index in [2.05, 4.69) is 22.9 Å². The quantitative estimate of drug-likeness (QED) is 0.490. The minimum atomic E-state index is -0.211. The fourth-order valence-corrected chi connectivity index (χ4v) is 2.67. The fraction of sp³-hybridized carbons (Fsp3) is 0.409. The normalized spacial score (nSPS) is 10.5. The molecule has 0 saturated heterocycles. The van der Waals surface area contributed by atoms with Crippen LogP contribution in [0.15, 0.2) is 42.5 Å². The van der Waals surface area contributed by atoms with Gasteiger partial charge in [-0.3, -0.25) is 4.79 Å². The Balaban J connectivity index is 1.80. The third kappa shape index (κ3) is 7.58. The summed E-state index contributed by atoms with van der Waals surface area (Å²) in [5, 5.41) is 9.53. The molecule has 152 valence electrons. The fourth-order valence-electron chi connectivity index (χ4n) is 2.67. The summed E-state index contributed by atoms with van der Waals surface area (Å²) in [6.45, 7) is 7.76. The lowest BCUT2D eigenvalue weighted by atomic mass is 10.2. The molecule has 6 nitrogen and oxygen atoms in total. The molecule has 0 heterocycles. The zero-order chi connectivity index (χ0) is 20.2. The molecule has 0 unspecified atom stereocenters. The molecule has 2 aromatic carbocycles. The van der Waals surface area contributed by atoms with E-state index in [4.69, 9.17) is 9.47 Å². The van der Waals surface area contributed by atoms with Crippen LogP contribution >= 0.6 is 0 Å². The Morgan fingerprint density at radius 2 is 1.75 bits per heavy atom. The van der Waals surface area contributed by atoms with Crippen LogP contribution in [0.25, 0.3) is 0 Å². The molecule has 1 amide bonds. The smallest absolute Gasteiger partial charge is 0.262 e. The average Bonchev–Trinajstić information content (AvgIpc) is 2.71. The van der Waals surface area contributed by atoms with Crippen LogP contribution in [0.2, 0.25) is 0 Å². The maximum absolute atomic E-state index is 12.1. The molecule has 3 N–H and O–H groups in total. The zero-order valence-corrected chi connectivity index (χ0v) is 17.0. The molecule has 0 spiro atoms. The van der Waals surface area contributed by atoms with Gasteiger partial charge in [-0.2, -0.15) is 0 Å². The number of carbonyl (C=O) groups excluding carboxylic acids is 1. The summed E-state index contributed by atoms with van der Waals surface area (Å²) in [6.07, 6.45) is 1.09. The van der Waals surface area contributed by atoms with Gasteiger partial charge >= 0.3 is 0 Å². The van der Waals surface area contributed by atoms with Crippen molar-refractivity contribution in [3.63, 3.8) is 0 Å². The first-order valence-corrected chi connectivity index (χ1v) is 9.70. The van der Waals surface area contributed by atoms with Crippen LogP contribution in [-0.4, -0.2) is 39.3 Å². The molecule has 2 rings (SSSR count). The van der Waals surface area contributed by atoms with E-state index in [-0.39, 0.29) is 12.5 Å². The molecular formula is C22H31N3O3. The third-order valence-corrected chi connectivity index (χ3v) is 4.21. The monoisotopic (exact) mass is 385 g/mol. The van der Waals surface area contributed by atoms with E-state index in [1.807, 2.05) is 49.4 Å². The van der Waals surface area contributed by atoms with E-state index >= 15 is 0 Å². The van der Waals surface area contributed by atoms with E-state index in [1.165, 1.54) is 0 Å². The maximum Gasteiger partial charge on any atom is 0.262 e. The van der Waals surface area contributed by atoms with Crippen molar-refractivity contribution in [1.82, 2.24) is 10.6 Å². The zero-order valence-electron chi connectivity index (χ0n) is 17.0. The van der Waals surface area contributed by atoms with Gasteiger partial charge in [-0.15, -0.1) is 0 Å². The minimum absolute atomic E-state index is 0.0771. The number of hydrogen-bond acceptors (Lipinski definition) is 5. The van der Waals surface area contributed by atoms with Crippen LogP contribution in [0, 0.1) is 6.92 Å². The summed E-state index contributed by atoms with van der Waals surface area (Å²) in [5.74, 6) is 0.963. The molecular weight excluding hydrogens is 354 g/mol. The van der Waals surface area contributed by atoms with Crippen molar-refractivity contribution in [3.8, 4) is 11.5 Å². The number of ether oxygens (including phenoxy) is 2. The number of nitrogens with one attached hydrogen (secondary N) is 3. The van der Waals surface area contributed by atoms with Crippen molar-refractivity contribution >= 4 is 11.6 Å². The summed E-state index contributed by atoms with van der Waals surface area (Å²) < 4.78 is 11.1. The van der Waals surface area contributed by atoms with Crippen molar-refractivity contribution in [3.05, 3.63) is 53.6 Å². The molecule has 0 radical (unpaired) electrons. The Kier molecular flexibility index (Phi) is 9.31.